The SMILES string of the molecule is Cc1cccc(C)c1OCC(=O)NCC(C)C. The molecule has 0 unspecified atom stereocenters. The van der Waals surface area contributed by atoms with Gasteiger partial charge in [-0.2, -0.15) is 0 Å². The van der Waals surface area contributed by atoms with Crippen molar-refractivity contribution in [2.45, 2.75) is 27.7 Å². The zero-order chi connectivity index (χ0) is 12.8. The van der Waals surface area contributed by atoms with Gasteiger partial charge in [-0.15, -0.1) is 0 Å². The molecule has 1 N–H and O–H groups in total. The Morgan fingerprint density at radius 3 is 2.41 bits per heavy atom. The Bertz CT molecular complexity index is 366. The van der Waals surface area contributed by atoms with Gasteiger partial charge in [-0.05, 0) is 30.9 Å². The Morgan fingerprint density at radius 1 is 1.29 bits per heavy atom. The van der Waals surface area contributed by atoms with Crippen molar-refractivity contribution in [3.05, 3.63) is 29.3 Å². The first-order valence-corrected chi connectivity index (χ1v) is 5.96. The number of ether oxygens (including phenoxy) is 1. The van der Waals surface area contributed by atoms with Gasteiger partial charge in [-0.1, -0.05) is 32.0 Å². The van der Waals surface area contributed by atoms with Crippen LogP contribution in [0.4, 0.5) is 0 Å². The normalized spacial score (nSPS) is 10.4. The molecule has 3 nitrogen and oxygen atoms in total. The molecule has 0 aliphatic rings. The van der Waals surface area contributed by atoms with Gasteiger partial charge in [-0.3, -0.25) is 4.79 Å². The number of benzene rings is 1. The maximum Gasteiger partial charge on any atom is 0.257 e. The van der Waals surface area contributed by atoms with Crippen LogP contribution >= 0.6 is 0 Å². The van der Waals surface area contributed by atoms with E-state index in [0.29, 0.717) is 12.5 Å². The average molecular weight is 235 g/mol. The van der Waals surface area contributed by atoms with E-state index in [1.165, 1.54) is 0 Å². The van der Waals surface area contributed by atoms with Gasteiger partial charge in [0.15, 0.2) is 6.61 Å². The summed E-state index contributed by atoms with van der Waals surface area (Å²) in [4.78, 5) is 11.5. The molecule has 17 heavy (non-hydrogen) atoms. The largest absolute Gasteiger partial charge is 0.483 e. The molecule has 0 bridgehead atoms. The molecule has 3 heteroatoms. The van der Waals surface area contributed by atoms with E-state index in [0.717, 1.165) is 16.9 Å². The second kappa shape index (κ2) is 6.28. The number of rotatable bonds is 5. The number of hydrogen-bond donors (Lipinski definition) is 1. The summed E-state index contributed by atoms with van der Waals surface area (Å²) in [5.74, 6) is 1.20. The summed E-state index contributed by atoms with van der Waals surface area (Å²) in [6.45, 7) is 8.86. The van der Waals surface area contributed by atoms with Crippen LogP contribution in [0.1, 0.15) is 25.0 Å². The van der Waals surface area contributed by atoms with E-state index < -0.39 is 0 Å². The Labute approximate surface area is 103 Å². The molecule has 0 atom stereocenters. The second-order valence-corrected chi connectivity index (χ2v) is 4.71. The fourth-order valence-electron chi connectivity index (χ4n) is 1.53. The number of carbonyl (C=O) groups is 1. The summed E-state index contributed by atoms with van der Waals surface area (Å²) < 4.78 is 5.55. The van der Waals surface area contributed by atoms with Crippen LogP contribution in [0.15, 0.2) is 18.2 Å². The topological polar surface area (TPSA) is 38.3 Å². The summed E-state index contributed by atoms with van der Waals surface area (Å²) in [6.07, 6.45) is 0. The third-order valence-corrected chi connectivity index (χ3v) is 2.46. The number of aryl methyl sites for hydroxylation is 2. The average Bonchev–Trinajstić information content (AvgIpc) is 2.25. The highest BCUT2D eigenvalue weighted by Gasteiger charge is 2.07. The molecular weight excluding hydrogens is 214 g/mol. The van der Waals surface area contributed by atoms with E-state index in [9.17, 15) is 4.79 Å². The predicted molar refractivity (Wildman–Crippen MR) is 69.3 cm³/mol. The van der Waals surface area contributed by atoms with Crippen molar-refractivity contribution in [2.75, 3.05) is 13.2 Å². The molecule has 0 aliphatic carbocycles. The van der Waals surface area contributed by atoms with Crippen molar-refractivity contribution >= 4 is 5.91 Å². The molecule has 1 rings (SSSR count). The minimum Gasteiger partial charge on any atom is -0.483 e. The highest BCUT2D eigenvalue weighted by Crippen LogP contribution is 2.21. The van der Waals surface area contributed by atoms with Crippen LogP contribution < -0.4 is 10.1 Å². The van der Waals surface area contributed by atoms with Gasteiger partial charge < -0.3 is 10.1 Å². The maximum absolute atomic E-state index is 11.5. The third kappa shape index (κ3) is 4.47. The van der Waals surface area contributed by atoms with E-state index >= 15 is 0 Å². The quantitative estimate of drug-likeness (QED) is 0.851. The predicted octanol–water partition coefficient (Wildman–Crippen LogP) is 2.45. The van der Waals surface area contributed by atoms with Crippen molar-refractivity contribution < 1.29 is 9.53 Å². The maximum atomic E-state index is 11.5. The molecule has 0 spiro atoms. The van der Waals surface area contributed by atoms with Crippen LogP contribution in [0.2, 0.25) is 0 Å². The van der Waals surface area contributed by atoms with Crippen LogP contribution in [-0.4, -0.2) is 19.1 Å². The molecular formula is C14H21NO2. The number of carbonyl (C=O) groups excluding carboxylic acids is 1. The highest BCUT2D eigenvalue weighted by atomic mass is 16.5. The fourth-order valence-corrected chi connectivity index (χ4v) is 1.53. The summed E-state index contributed by atoms with van der Waals surface area (Å²) in [7, 11) is 0. The van der Waals surface area contributed by atoms with Gasteiger partial charge in [0.1, 0.15) is 5.75 Å². The number of amides is 1. The monoisotopic (exact) mass is 235 g/mol. The van der Waals surface area contributed by atoms with Crippen molar-refractivity contribution in [1.82, 2.24) is 5.32 Å². The summed E-state index contributed by atoms with van der Waals surface area (Å²) in [5.41, 5.74) is 2.11. The highest BCUT2D eigenvalue weighted by molar-refractivity contribution is 5.77. The molecule has 94 valence electrons. The fraction of sp³-hybridized carbons (Fsp3) is 0.500. The van der Waals surface area contributed by atoms with Crippen LogP contribution in [-0.2, 0) is 4.79 Å². The van der Waals surface area contributed by atoms with E-state index in [1.807, 2.05) is 32.0 Å². The first kappa shape index (κ1) is 13.6. The molecule has 0 fully saturated rings. The molecule has 0 aromatic heterocycles. The zero-order valence-electron chi connectivity index (χ0n) is 11.0. The van der Waals surface area contributed by atoms with Gasteiger partial charge in [-0.25, -0.2) is 0 Å². The molecule has 0 radical (unpaired) electrons. The smallest absolute Gasteiger partial charge is 0.257 e. The molecule has 1 aromatic rings. The Balaban J connectivity index is 2.47. The van der Waals surface area contributed by atoms with Crippen molar-refractivity contribution in [3.63, 3.8) is 0 Å². The lowest BCUT2D eigenvalue weighted by molar-refractivity contribution is -0.123. The molecule has 1 amide bonds. The Kier molecular flexibility index (Phi) is 5.01. The van der Waals surface area contributed by atoms with Gasteiger partial charge >= 0.3 is 0 Å². The lowest BCUT2D eigenvalue weighted by Crippen LogP contribution is -2.31. The number of para-hydroxylation sites is 1. The minimum absolute atomic E-state index is 0.0682. The van der Waals surface area contributed by atoms with Gasteiger partial charge in [0.2, 0.25) is 0 Å². The first-order valence-electron chi connectivity index (χ1n) is 5.96. The van der Waals surface area contributed by atoms with E-state index in [4.69, 9.17) is 4.74 Å². The van der Waals surface area contributed by atoms with Crippen molar-refractivity contribution in [2.24, 2.45) is 5.92 Å². The number of nitrogens with one attached hydrogen (secondary N) is 1. The molecule has 0 saturated heterocycles. The van der Waals surface area contributed by atoms with E-state index in [2.05, 4.69) is 19.2 Å². The van der Waals surface area contributed by atoms with E-state index in [1.54, 1.807) is 0 Å². The second-order valence-electron chi connectivity index (χ2n) is 4.71. The molecule has 0 aliphatic heterocycles. The molecule has 0 saturated carbocycles. The Hall–Kier alpha value is -1.51. The number of hydrogen-bond acceptors (Lipinski definition) is 2. The zero-order valence-corrected chi connectivity index (χ0v) is 11.0. The lowest BCUT2D eigenvalue weighted by atomic mass is 10.1. The van der Waals surface area contributed by atoms with Gasteiger partial charge in [0.25, 0.3) is 5.91 Å². The lowest BCUT2D eigenvalue weighted by Gasteiger charge is -2.12. The van der Waals surface area contributed by atoms with Crippen LogP contribution in [0.5, 0.6) is 5.75 Å². The van der Waals surface area contributed by atoms with Crippen LogP contribution in [0, 0.1) is 19.8 Å². The van der Waals surface area contributed by atoms with Crippen molar-refractivity contribution in [1.29, 1.82) is 0 Å². The van der Waals surface area contributed by atoms with Crippen molar-refractivity contribution in [3.8, 4) is 5.75 Å². The Morgan fingerprint density at radius 2 is 1.88 bits per heavy atom. The minimum atomic E-state index is -0.0682. The first-order chi connectivity index (χ1) is 8.00. The summed E-state index contributed by atoms with van der Waals surface area (Å²) in [5, 5.41) is 2.83. The van der Waals surface area contributed by atoms with Crippen LogP contribution in [0.3, 0.4) is 0 Å². The standard InChI is InChI=1S/C14H21NO2/c1-10(2)8-15-13(16)9-17-14-11(3)6-5-7-12(14)4/h5-7,10H,8-9H2,1-4H3,(H,15,16). The third-order valence-electron chi connectivity index (χ3n) is 2.46. The van der Waals surface area contributed by atoms with Gasteiger partial charge in [0, 0.05) is 6.54 Å². The summed E-state index contributed by atoms with van der Waals surface area (Å²) >= 11 is 0. The van der Waals surface area contributed by atoms with E-state index in [-0.39, 0.29) is 12.5 Å². The van der Waals surface area contributed by atoms with Gasteiger partial charge in [0.05, 0.1) is 0 Å². The molecule has 1 aromatic carbocycles. The molecule has 0 heterocycles. The van der Waals surface area contributed by atoms with Crippen LogP contribution in [0.25, 0.3) is 0 Å². The summed E-state index contributed by atoms with van der Waals surface area (Å²) in [6, 6.07) is 5.94.